The minimum absolute atomic E-state index is 0.125. The van der Waals surface area contributed by atoms with Crippen LogP contribution in [-0.4, -0.2) is 95.6 Å². The molecule has 2 heterocycles. The Balaban J connectivity index is 1.92. The second-order valence-corrected chi connectivity index (χ2v) is 7.41. The highest BCUT2D eigenvalue weighted by Gasteiger charge is 2.25. The van der Waals surface area contributed by atoms with E-state index < -0.39 is 0 Å². The molecule has 1 aromatic rings. The zero-order valence-corrected chi connectivity index (χ0v) is 18.6. The number of methoxy groups -OCH3 is 1. The first-order valence-corrected chi connectivity index (χ1v) is 10.7. The van der Waals surface area contributed by atoms with Crippen LogP contribution in [0.5, 0.6) is 0 Å². The Morgan fingerprint density at radius 1 is 1.28 bits per heavy atom. The summed E-state index contributed by atoms with van der Waals surface area (Å²) < 4.78 is 16.6. The van der Waals surface area contributed by atoms with Gasteiger partial charge in [-0.1, -0.05) is 0 Å². The fraction of sp³-hybridized carbons (Fsp3) is 0.762. The number of likely N-dealkylation sites (N-methyl/N-ethyl adjacent to an activating group) is 1. The number of guanidine groups is 1. The van der Waals surface area contributed by atoms with Gasteiger partial charge in [0.05, 0.1) is 25.8 Å². The normalized spacial score (nSPS) is 16.9. The van der Waals surface area contributed by atoms with Crippen LogP contribution in [0, 0.1) is 6.92 Å². The monoisotopic (exact) mass is 409 g/mol. The number of aliphatic imine (C=N–C) groups is 1. The van der Waals surface area contributed by atoms with E-state index in [0.29, 0.717) is 6.54 Å². The van der Waals surface area contributed by atoms with Crippen molar-refractivity contribution < 1.29 is 13.9 Å². The summed E-state index contributed by atoms with van der Waals surface area (Å²) in [6, 6.07) is 4.22. The Hall–Kier alpha value is -1.61. The number of ether oxygens (including phenoxy) is 2. The lowest BCUT2D eigenvalue weighted by Crippen LogP contribution is -2.43. The molecule has 2 rings (SSSR count). The van der Waals surface area contributed by atoms with Crippen LogP contribution in [0.1, 0.15) is 30.9 Å². The van der Waals surface area contributed by atoms with Gasteiger partial charge >= 0.3 is 0 Å². The van der Waals surface area contributed by atoms with Gasteiger partial charge in [-0.15, -0.1) is 0 Å². The van der Waals surface area contributed by atoms with Crippen LogP contribution in [0.25, 0.3) is 0 Å². The van der Waals surface area contributed by atoms with Gasteiger partial charge in [0.2, 0.25) is 0 Å². The fourth-order valence-corrected chi connectivity index (χ4v) is 3.38. The topological polar surface area (TPSA) is 74.5 Å². The highest BCUT2D eigenvalue weighted by atomic mass is 16.5. The Morgan fingerprint density at radius 2 is 2.07 bits per heavy atom. The third-order valence-corrected chi connectivity index (χ3v) is 5.02. The van der Waals surface area contributed by atoms with E-state index in [1.165, 1.54) is 0 Å². The number of hydrogen-bond acceptors (Lipinski definition) is 6. The van der Waals surface area contributed by atoms with Crippen LogP contribution in [0.4, 0.5) is 0 Å². The highest BCUT2D eigenvalue weighted by Crippen LogP contribution is 2.24. The molecule has 1 aliphatic heterocycles. The maximum atomic E-state index is 5.94. The first-order chi connectivity index (χ1) is 14.1. The molecular weight excluding hydrogens is 370 g/mol. The number of aryl methyl sites for hydroxylation is 1. The van der Waals surface area contributed by atoms with Gasteiger partial charge in [0.1, 0.15) is 11.5 Å². The standard InChI is InChI=1S/C21H39N5O3/c1-5-22-21(23-9-11-25(3)10-6-14-27-4)24-17-19(20-8-7-18(2)29-20)26-12-15-28-16-13-26/h7-8,19H,5-6,9-17H2,1-4H3,(H2,22,23,24). The SMILES string of the molecule is CCNC(=NCC(c1ccc(C)o1)N1CCOCC1)NCCN(C)CCCOC. The molecule has 0 spiro atoms. The molecule has 0 radical (unpaired) electrons. The van der Waals surface area contributed by atoms with Crippen molar-refractivity contribution in [1.29, 1.82) is 0 Å². The van der Waals surface area contributed by atoms with Gasteiger partial charge in [-0.2, -0.15) is 0 Å². The van der Waals surface area contributed by atoms with Crippen LogP contribution in [0.2, 0.25) is 0 Å². The molecule has 1 atom stereocenters. The maximum Gasteiger partial charge on any atom is 0.191 e. The number of morpholine rings is 1. The Kier molecular flexibility index (Phi) is 11.1. The van der Waals surface area contributed by atoms with Crippen molar-refractivity contribution in [3.63, 3.8) is 0 Å². The highest BCUT2D eigenvalue weighted by molar-refractivity contribution is 5.79. The zero-order valence-electron chi connectivity index (χ0n) is 18.6. The average Bonchev–Trinajstić information content (AvgIpc) is 3.15. The quantitative estimate of drug-likeness (QED) is 0.308. The Labute approximate surface area is 175 Å². The van der Waals surface area contributed by atoms with Gasteiger partial charge < -0.3 is 29.4 Å². The average molecular weight is 410 g/mol. The molecule has 1 fully saturated rings. The molecule has 1 saturated heterocycles. The summed E-state index contributed by atoms with van der Waals surface area (Å²) in [5, 5.41) is 6.80. The van der Waals surface area contributed by atoms with Crippen LogP contribution < -0.4 is 10.6 Å². The van der Waals surface area contributed by atoms with E-state index in [1.54, 1.807) is 7.11 Å². The fourth-order valence-electron chi connectivity index (χ4n) is 3.38. The molecule has 1 aliphatic rings. The van der Waals surface area contributed by atoms with E-state index in [1.807, 2.05) is 13.0 Å². The van der Waals surface area contributed by atoms with Crippen molar-refractivity contribution >= 4 is 5.96 Å². The van der Waals surface area contributed by atoms with E-state index in [0.717, 1.165) is 83.0 Å². The molecule has 8 nitrogen and oxygen atoms in total. The number of hydrogen-bond donors (Lipinski definition) is 2. The molecule has 1 unspecified atom stereocenters. The predicted octanol–water partition coefficient (Wildman–Crippen LogP) is 1.48. The first kappa shape index (κ1) is 23.7. The predicted molar refractivity (Wildman–Crippen MR) is 117 cm³/mol. The molecule has 1 aromatic heterocycles. The molecule has 0 amide bonds. The van der Waals surface area contributed by atoms with Crippen molar-refractivity contribution in [1.82, 2.24) is 20.4 Å². The molecule has 2 N–H and O–H groups in total. The van der Waals surface area contributed by atoms with E-state index >= 15 is 0 Å². The number of furan rings is 1. The van der Waals surface area contributed by atoms with Gasteiger partial charge in [0.25, 0.3) is 0 Å². The summed E-state index contributed by atoms with van der Waals surface area (Å²) in [7, 11) is 3.88. The minimum Gasteiger partial charge on any atom is -0.465 e. The molecule has 0 aromatic carbocycles. The van der Waals surface area contributed by atoms with Gasteiger partial charge in [-0.25, -0.2) is 0 Å². The minimum atomic E-state index is 0.125. The van der Waals surface area contributed by atoms with Crippen LogP contribution >= 0.6 is 0 Å². The summed E-state index contributed by atoms with van der Waals surface area (Å²) in [5.41, 5.74) is 0. The van der Waals surface area contributed by atoms with Gasteiger partial charge in [-0.05, 0) is 39.4 Å². The van der Waals surface area contributed by atoms with Crippen molar-refractivity contribution in [2.24, 2.45) is 4.99 Å². The van der Waals surface area contributed by atoms with E-state index in [4.69, 9.17) is 18.9 Å². The third-order valence-electron chi connectivity index (χ3n) is 5.02. The summed E-state index contributed by atoms with van der Waals surface area (Å²) >= 11 is 0. The van der Waals surface area contributed by atoms with Gasteiger partial charge in [0, 0.05) is 53.0 Å². The molecule has 0 bridgehead atoms. The molecule has 0 aliphatic carbocycles. The van der Waals surface area contributed by atoms with Crippen LogP contribution in [0.3, 0.4) is 0 Å². The Bertz CT molecular complexity index is 587. The van der Waals surface area contributed by atoms with Crippen LogP contribution in [0.15, 0.2) is 21.5 Å². The van der Waals surface area contributed by atoms with Crippen molar-refractivity contribution in [2.75, 3.05) is 79.8 Å². The summed E-state index contributed by atoms with van der Waals surface area (Å²) in [6.45, 7) is 12.5. The first-order valence-electron chi connectivity index (χ1n) is 10.7. The number of nitrogens with one attached hydrogen (secondary N) is 2. The third kappa shape index (κ3) is 8.74. The molecular formula is C21H39N5O3. The van der Waals surface area contributed by atoms with Crippen molar-refractivity contribution in [2.45, 2.75) is 26.3 Å². The summed E-state index contributed by atoms with van der Waals surface area (Å²) in [4.78, 5) is 9.56. The Morgan fingerprint density at radius 3 is 2.72 bits per heavy atom. The zero-order chi connectivity index (χ0) is 20.9. The van der Waals surface area contributed by atoms with Crippen molar-refractivity contribution in [3.05, 3.63) is 23.7 Å². The maximum absolute atomic E-state index is 5.94. The second-order valence-electron chi connectivity index (χ2n) is 7.41. The van der Waals surface area contributed by atoms with Crippen molar-refractivity contribution in [3.8, 4) is 0 Å². The van der Waals surface area contributed by atoms with Crippen LogP contribution in [-0.2, 0) is 9.47 Å². The summed E-state index contributed by atoms with van der Waals surface area (Å²) in [6.07, 6.45) is 1.05. The molecule has 8 heteroatoms. The van der Waals surface area contributed by atoms with Gasteiger partial charge in [-0.3, -0.25) is 9.89 Å². The molecule has 0 saturated carbocycles. The van der Waals surface area contributed by atoms with E-state index in [2.05, 4.69) is 40.5 Å². The lowest BCUT2D eigenvalue weighted by Gasteiger charge is -2.32. The van der Waals surface area contributed by atoms with Gasteiger partial charge in [0.15, 0.2) is 5.96 Å². The second kappa shape index (κ2) is 13.6. The lowest BCUT2D eigenvalue weighted by molar-refractivity contribution is 0.0135. The summed E-state index contributed by atoms with van der Waals surface area (Å²) in [5.74, 6) is 2.75. The molecule has 29 heavy (non-hydrogen) atoms. The smallest absolute Gasteiger partial charge is 0.191 e. The lowest BCUT2D eigenvalue weighted by atomic mass is 10.1. The van der Waals surface area contributed by atoms with E-state index in [9.17, 15) is 0 Å². The molecule has 166 valence electrons. The largest absolute Gasteiger partial charge is 0.465 e. The number of nitrogens with zero attached hydrogens (tertiary/aromatic N) is 3. The number of rotatable bonds is 12. The van der Waals surface area contributed by atoms with E-state index in [-0.39, 0.29) is 6.04 Å².